The van der Waals surface area contributed by atoms with Crippen LogP contribution in [0, 0.1) is 5.92 Å². The topological polar surface area (TPSA) is 73.3 Å². The molecular formula is C13H21N3O3. The summed E-state index contributed by atoms with van der Waals surface area (Å²) in [6.07, 6.45) is 2.96. The number of carbonyl (C=O) groups excluding carboxylic acids is 1. The van der Waals surface area contributed by atoms with E-state index < -0.39 is 5.97 Å². The van der Waals surface area contributed by atoms with Crippen molar-refractivity contribution in [3.63, 3.8) is 0 Å². The summed E-state index contributed by atoms with van der Waals surface area (Å²) in [6.45, 7) is 7.38. The Morgan fingerprint density at radius 1 is 1.42 bits per heavy atom. The lowest BCUT2D eigenvalue weighted by atomic mass is 10.1. The molecule has 1 heterocycles. The number of anilines is 1. The normalized spacial score (nSPS) is 12.3. The molecule has 0 aliphatic heterocycles. The van der Waals surface area contributed by atoms with Gasteiger partial charge in [0, 0.05) is 6.61 Å². The van der Waals surface area contributed by atoms with E-state index in [2.05, 4.69) is 33.9 Å². The van der Waals surface area contributed by atoms with Crippen LogP contribution in [0.5, 0.6) is 0 Å². The lowest BCUT2D eigenvalue weighted by Gasteiger charge is -2.22. The summed E-state index contributed by atoms with van der Waals surface area (Å²) in [4.78, 5) is 19.5. The molecule has 1 rings (SSSR count). The van der Waals surface area contributed by atoms with Gasteiger partial charge in [0.25, 0.3) is 0 Å². The average Bonchev–Trinajstić information content (AvgIpc) is 2.42. The van der Waals surface area contributed by atoms with Gasteiger partial charge < -0.3 is 14.8 Å². The van der Waals surface area contributed by atoms with Gasteiger partial charge in [-0.2, -0.15) is 0 Å². The van der Waals surface area contributed by atoms with Gasteiger partial charge >= 0.3 is 5.97 Å². The van der Waals surface area contributed by atoms with E-state index in [1.54, 1.807) is 6.20 Å². The van der Waals surface area contributed by atoms with Crippen LogP contribution in [0.3, 0.4) is 0 Å². The maximum Gasteiger partial charge on any atom is 0.358 e. The second-order valence-corrected chi connectivity index (χ2v) is 4.44. The highest BCUT2D eigenvalue weighted by Crippen LogP contribution is 2.11. The minimum absolute atomic E-state index is 0.113. The summed E-state index contributed by atoms with van der Waals surface area (Å²) in [5, 5.41) is 3.23. The van der Waals surface area contributed by atoms with Gasteiger partial charge in [-0.25, -0.2) is 9.78 Å². The number of ether oxygens (including phenoxy) is 2. The van der Waals surface area contributed by atoms with Gasteiger partial charge in [0.05, 0.1) is 32.2 Å². The quantitative estimate of drug-likeness (QED) is 0.758. The molecular weight excluding hydrogens is 246 g/mol. The van der Waals surface area contributed by atoms with Crippen molar-refractivity contribution < 1.29 is 14.3 Å². The number of methoxy groups -OCH3 is 1. The Bertz CT molecular complexity index is 410. The molecule has 1 unspecified atom stereocenters. The van der Waals surface area contributed by atoms with Crippen LogP contribution in [-0.4, -0.2) is 42.3 Å². The van der Waals surface area contributed by atoms with Crippen molar-refractivity contribution in [2.45, 2.75) is 26.8 Å². The third-order valence-corrected chi connectivity index (χ3v) is 2.67. The molecule has 106 valence electrons. The molecule has 0 aromatic carbocycles. The third kappa shape index (κ3) is 4.82. The summed E-state index contributed by atoms with van der Waals surface area (Å²) in [7, 11) is 1.32. The summed E-state index contributed by atoms with van der Waals surface area (Å²) >= 11 is 0. The van der Waals surface area contributed by atoms with Crippen LogP contribution in [0.15, 0.2) is 12.4 Å². The molecule has 6 nitrogen and oxygen atoms in total. The molecule has 1 atom stereocenters. The SMILES string of the molecule is CCOCC(Nc1cncc(C(=O)OC)n1)C(C)C. The van der Waals surface area contributed by atoms with Crippen molar-refractivity contribution in [3.05, 3.63) is 18.1 Å². The first-order valence-electron chi connectivity index (χ1n) is 6.33. The minimum Gasteiger partial charge on any atom is -0.464 e. The van der Waals surface area contributed by atoms with E-state index >= 15 is 0 Å². The van der Waals surface area contributed by atoms with Crippen molar-refractivity contribution in [2.24, 2.45) is 5.92 Å². The lowest BCUT2D eigenvalue weighted by Crippen LogP contribution is -2.31. The van der Waals surface area contributed by atoms with Gasteiger partial charge in [-0.15, -0.1) is 0 Å². The molecule has 0 amide bonds. The molecule has 19 heavy (non-hydrogen) atoms. The number of rotatable bonds is 7. The van der Waals surface area contributed by atoms with E-state index in [0.29, 0.717) is 24.9 Å². The molecule has 0 bridgehead atoms. The predicted octanol–water partition coefficient (Wildman–Crippen LogP) is 1.74. The van der Waals surface area contributed by atoms with E-state index in [4.69, 9.17) is 4.74 Å². The first-order valence-corrected chi connectivity index (χ1v) is 6.33. The standard InChI is InChI=1S/C13H21N3O3/c1-5-19-8-11(9(2)3)16-12-7-14-6-10(15-12)13(17)18-4/h6-7,9,11H,5,8H2,1-4H3,(H,15,16). The number of hydrogen-bond acceptors (Lipinski definition) is 6. The van der Waals surface area contributed by atoms with Gasteiger partial charge in [-0.05, 0) is 12.8 Å². The zero-order valence-corrected chi connectivity index (χ0v) is 11.8. The van der Waals surface area contributed by atoms with E-state index in [-0.39, 0.29) is 11.7 Å². The van der Waals surface area contributed by atoms with Crippen LogP contribution in [-0.2, 0) is 9.47 Å². The zero-order chi connectivity index (χ0) is 14.3. The number of esters is 1. The van der Waals surface area contributed by atoms with Crippen molar-refractivity contribution in [1.29, 1.82) is 0 Å². The highest BCUT2D eigenvalue weighted by Gasteiger charge is 2.15. The Morgan fingerprint density at radius 3 is 2.74 bits per heavy atom. The van der Waals surface area contributed by atoms with Crippen LogP contribution >= 0.6 is 0 Å². The number of carbonyl (C=O) groups is 1. The molecule has 1 N–H and O–H groups in total. The summed E-state index contributed by atoms with van der Waals surface area (Å²) < 4.78 is 10.0. The van der Waals surface area contributed by atoms with Crippen molar-refractivity contribution in [1.82, 2.24) is 9.97 Å². The highest BCUT2D eigenvalue weighted by molar-refractivity contribution is 5.87. The second-order valence-electron chi connectivity index (χ2n) is 4.44. The first-order chi connectivity index (χ1) is 9.08. The zero-order valence-electron chi connectivity index (χ0n) is 11.8. The maximum absolute atomic E-state index is 11.4. The average molecular weight is 267 g/mol. The van der Waals surface area contributed by atoms with E-state index in [9.17, 15) is 4.79 Å². The molecule has 0 radical (unpaired) electrons. The fourth-order valence-corrected chi connectivity index (χ4v) is 1.47. The molecule has 0 spiro atoms. The summed E-state index contributed by atoms with van der Waals surface area (Å²) in [5.74, 6) is 0.415. The largest absolute Gasteiger partial charge is 0.464 e. The van der Waals surface area contributed by atoms with Crippen molar-refractivity contribution >= 4 is 11.8 Å². The molecule has 0 fully saturated rings. The number of hydrogen-bond donors (Lipinski definition) is 1. The summed E-state index contributed by atoms with van der Waals surface area (Å²) in [5.41, 5.74) is 0.186. The molecule has 0 saturated carbocycles. The van der Waals surface area contributed by atoms with Crippen LogP contribution in [0.1, 0.15) is 31.3 Å². The Morgan fingerprint density at radius 2 is 2.16 bits per heavy atom. The van der Waals surface area contributed by atoms with Crippen LogP contribution in [0.25, 0.3) is 0 Å². The fraction of sp³-hybridized carbons (Fsp3) is 0.615. The smallest absolute Gasteiger partial charge is 0.358 e. The Hall–Kier alpha value is -1.69. The van der Waals surface area contributed by atoms with Crippen molar-refractivity contribution in [3.8, 4) is 0 Å². The predicted molar refractivity (Wildman–Crippen MR) is 72.1 cm³/mol. The molecule has 1 aromatic rings. The van der Waals surface area contributed by atoms with Gasteiger partial charge in [-0.3, -0.25) is 4.98 Å². The van der Waals surface area contributed by atoms with Crippen LogP contribution in [0.2, 0.25) is 0 Å². The van der Waals surface area contributed by atoms with Gasteiger partial charge in [0.1, 0.15) is 5.82 Å². The summed E-state index contributed by atoms with van der Waals surface area (Å²) in [6, 6.07) is 0.113. The highest BCUT2D eigenvalue weighted by atomic mass is 16.5. The van der Waals surface area contributed by atoms with Gasteiger partial charge in [-0.1, -0.05) is 13.8 Å². The van der Waals surface area contributed by atoms with E-state index in [1.807, 2.05) is 6.92 Å². The molecule has 0 saturated heterocycles. The Labute approximate surface area is 113 Å². The first kappa shape index (κ1) is 15.4. The Balaban J connectivity index is 2.76. The number of nitrogens with zero attached hydrogens (tertiary/aromatic N) is 2. The maximum atomic E-state index is 11.4. The molecule has 6 heteroatoms. The minimum atomic E-state index is -0.498. The number of aromatic nitrogens is 2. The van der Waals surface area contributed by atoms with Crippen LogP contribution < -0.4 is 5.32 Å². The van der Waals surface area contributed by atoms with E-state index in [0.717, 1.165) is 0 Å². The third-order valence-electron chi connectivity index (χ3n) is 2.67. The monoisotopic (exact) mass is 267 g/mol. The fourth-order valence-electron chi connectivity index (χ4n) is 1.47. The Kier molecular flexibility index (Phi) is 6.21. The molecule has 0 aliphatic rings. The van der Waals surface area contributed by atoms with Crippen LogP contribution in [0.4, 0.5) is 5.82 Å². The number of nitrogens with one attached hydrogen (secondary N) is 1. The molecule has 1 aromatic heterocycles. The second kappa shape index (κ2) is 7.68. The van der Waals surface area contributed by atoms with Crippen molar-refractivity contribution in [2.75, 3.05) is 25.6 Å². The molecule has 0 aliphatic carbocycles. The van der Waals surface area contributed by atoms with Gasteiger partial charge in [0.15, 0.2) is 5.69 Å². The lowest BCUT2D eigenvalue weighted by molar-refractivity contribution is 0.0593. The van der Waals surface area contributed by atoms with Gasteiger partial charge in [0.2, 0.25) is 0 Å². The van der Waals surface area contributed by atoms with E-state index in [1.165, 1.54) is 13.3 Å².